The normalized spacial score (nSPS) is 18.4. The topological polar surface area (TPSA) is 95.5 Å². The van der Waals surface area contributed by atoms with Crippen LogP contribution in [0.25, 0.3) is 11.4 Å². The highest BCUT2D eigenvalue weighted by atomic mass is 16.5. The molecule has 3 heterocycles. The number of hydrogen-bond acceptors (Lipinski definition) is 7. The molecule has 0 radical (unpaired) electrons. The Morgan fingerprint density at radius 3 is 2.25 bits per heavy atom. The molecule has 1 fully saturated rings. The van der Waals surface area contributed by atoms with Crippen molar-refractivity contribution in [3.05, 3.63) is 65.3 Å². The Morgan fingerprint density at radius 2 is 1.72 bits per heavy atom. The molecule has 1 aromatic carbocycles. The molecule has 7 nitrogen and oxygen atoms in total. The van der Waals surface area contributed by atoms with Crippen molar-refractivity contribution in [3.63, 3.8) is 0 Å². The van der Waals surface area contributed by atoms with E-state index in [9.17, 15) is 10.2 Å². The molecule has 1 aliphatic heterocycles. The van der Waals surface area contributed by atoms with E-state index >= 15 is 0 Å². The number of hydrogen-bond donors (Lipinski definition) is 2. The van der Waals surface area contributed by atoms with Crippen molar-refractivity contribution in [1.82, 2.24) is 20.0 Å². The lowest BCUT2D eigenvalue weighted by atomic mass is 9.62. The van der Waals surface area contributed by atoms with E-state index < -0.39 is 16.6 Å². The second-order valence-corrected chi connectivity index (χ2v) is 10.2. The lowest BCUT2D eigenvalue weighted by Gasteiger charge is -2.55. The van der Waals surface area contributed by atoms with Crippen LogP contribution in [0.15, 0.2) is 47.2 Å². The first-order valence-electron chi connectivity index (χ1n) is 11.0. The van der Waals surface area contributed by atoms with Crippen LogP contribution in [0.4, 0.5) is 0 Å². The average Bonchev–Trinajstić information content (AvgIpc) is 3.23. The van der Waals surface area contributed by atoms with E-state index in [1.54, 1.807) is 26.2 Å². The fourth-order valence-electron chi connectivity index (χ4n) is 4.70. The van der Waals surface area contributed by atoms with Gasteiger partial charge in [-0.2, -0.15) is 4.98 Å². The Labute approximate surface area is 189 Å². The van der Waals surface area contributed by atoms with Gasteiger partial charge >= 0.3 is 0 Å². The Hall–Kier alpha value is -2.61. The summed E-state index contributed by atoms with van der Waals surface area (Å²) in [5, 5.41) is 26.5. The highest BCUT2D eigenvalue weighted by Crippen LogP contribution is 2.50. The van der Waals surface area contributed by atoms with Gasteiger partial charge in [-0.1, -0.05) is 50.2 Å². The predicted molar refractivity (Wildman–Crippen MR) is 122 cm³/mol. The lowest BCUT2D eigenvalue weighted by Crippen LogP contribution is -2.63. The maximum absolute atomic E-state index is 12.3. The molecule has 1 saturated heterocycles. The number of likely N-dealkylation sites (tertiary alicyclic amines) is 1. The van der Waals surface area contributed by atoms with E-state index in [-0.39, 0.29) is 5.89 Å². The van der Waals surface area contributed by atoms with Crippen molar-refractivity contribution in [3.8, 4) is 11.4 Å². The molecule has 0 aliphatic carbocycles. The van der Waals surface area contributed by atoms with Crippen molar-refractivity contribution in [2.24, 2.45) is 5.41 Å². The molecular weight excluding hydrogens is 404 g/mol. The van der Waals surface area contributed by atoms with E-state index in [1.807, 2.05) is 18.2 Å². The zero-order chi connectivity index (χ0) is 23.3. The molecule has 7 heteroatoms. The van der Waals surface area contributed by atoms with Crippen molar-refractivity contribution >= 4 is 0 Å². The molecule has 0 bridgehead atoms. The third-order valence-electron chi connectivity index (χ3n) is 6.47. The van der Waals surface area contributed by atoms with E-state index in [0.29, 0.717) is 22.9 Å². The number of aromatic nitrogens is 3. The van der Waals surface area contributed by atoms with Gasteiger partial charge in [0.15, 0.2) is 0 Å². The number of aliphatic hydroxyl groups is 2. The zero-order valence-corrected chi connectivity index (χ0v) is 19.6. The van der Waals surface area contributed by atoms with Gasteiger partial charge < -0.3 is 19.6 Å². The summed E-state index contributed by atoms with van der Waals surface area (Å²) in [5.41, 5.74) is 0.482. The summed E-state index contributed by atoms with van der Waals surface area (Å²) in [4.78, 5) is 10.9. The first-order valence-corrected chi connectivity index (χ1v) is 11.0. The van der Waals surface area contributed by atoms with Crippen LogP contribution in [-0.2, 0) is 11.2 Å². The summed E-state index contributed by atoms with van der Waals surface area (Å²) in [6, 6.07) is 10.1. The number of nitrogens with zero attached hydrogens (tertiary/aromatic N) is 4. The summed E-state index contributed by atoms with van der Waals surface area (Å²) in [5.74, 6) is 0.866. The average molecular weight is 437 g/mol. The van der Waals surface area contributed by atoms with Crippen molar-refractivity contribution in [2.75, 3.05) is 20.1 Å². The molecule has 0 saturated carbocycles. The number of rotatable bonds is 6. The number of benzene rings is 1. The highest BCUT2D eigenvalue weighted by molar-refractivity contribution is 5.56. The van der Waals surface area contributed by atoms with Crippen LogP contribution in [0.3, 0.4) is 0 Å². The minimum Gasteiger partial charge on any atom is -0.381 e. The van der Waals surface area contributed by atoms with E-state index in [4.69, 9.17) is 4.52 Å². The monoisotopic (exact) mass is 436 g/mol. The Balaban J connectivity index is 1.80. The SMILES string of the molecule is CC(C)c1ccc(C(O)(c2cncc(-c3noc(C(C)(C)O)n3)c2)C2(C)CN(C)C2)cc1. The van der Waals surface area contributed by atoms with Gasteiger partial charge in [0.2, 0.25) is 5.82 Å². The summed E-state index contributed by atoms with van der Waals surface area (Å²) < 4.78 is 5.23. The largest absolute Gasteiger partial charge is 0.381 e. The van der Waals surface area contributed by atoms with Gasteiger partial charge in [0.1, 0.15) is 11.2 Å². The molecule has 0 spiro atoms. The molecular formula is C25H32N4O3. The smallest absolute Gasteiger partial charge is 0.258 e. The fraction of sp³-hybridized carbons (Fsp3) is 0.480. The van der Waals surface area contributed by atoms with Crippen molar-refractivity contribution < 1.29 is 14.7 Å². The molecule has 170 valence electrons. The molecule has 1 unspecified atom stereocenters. The Bertz CT molecular complexity index is 1090. The first-order chi connectivity index (χ1) is 14.9. The molecule has 0 amide bonds. The van der Waals surface area contributed by atoms with Crippen molar-refractivity contribution in [2.45, 2.75) is 51.7 Å². The Morgan fingerprint density at radius 1 is 1.06 bits per heavy atom. The van der Waals surface area contributed by atoms with Gasteiger partial charge in [0, 0.05) is 42.0 Å². The van der Waals surface area contributed by atoms with E-state index in [0.717, 1.165) is 18.7 Å². The highest BCUT2D eigenvalue weighted by Gasteiger charge is 2.55. The second kappa shape index (κ2) is 7.76. The van der Waals surface area contributed by atoms with Crippen LogP contribution in [0.2, 0.25) is 0 Å². The minimum atomic E-state index is -1.25. The third-order valence-corrected chi connectivity index (χ3v) is 6.47. The molecule has 1 atom stereocenters. The van der Waals surface area contributed by atoms with Gasteiger partial charge in [-0.15, -0.1) is 0 Å². The van der Waals surface area contributed by atoms with Crippen LogP contribution >= 0.6 is 0 Å². The van der Waals surface area contributed by atoms with Crippen LogP contribution < -0.4 is 0 Å². The lowest BCUT2D eigenvalue weighted by molar-refractivity contribution is -0.127. The van der Waals surface area contributed by atoms with E-state index in [1.165, 1.54) is 5.56 Å². The molecule has 2 N–H and O–H groups in total. The minimum absolute atomic E-state index is 0.130. The third kappa shape index (κ3) is 3.74. The molecule has 3 aromatic rings. The van der Waals surface area contributed by atoms with Crippen LogP contribution in [0.5, 0.6) is 0 Å². The van der Waals surface area contributed by atoms with Gasteiger partial charge in [0.05, 0.1) is 0 Å². The quantitative estimate of drug-likeness (QED) is 0.609. The molecule has 32 heavy (non-hydrogen) atoms. The van der Waals surface area contributed by atoms with Crippen molar-refractivity contribution in [1.29, 1.82) is 0 Å². The van der Waals surface area contributed by atoms with Crippen LogP contribution in [0.1, 0.15) is 63.1 Å². The van der Waals surface area contributed by atoms with Gasteiger partial charge in [0.25, 0.3) is 5.89 Å². The number of pyridine rings is 1. The second-order valence-electron chi connectivity index (χ2n) is 10.2. The molecule has 4 rings (SSSR count). The summed E-state index contributed by atoms with van der Waals surface area (Å²) >= 11 is 0. The maximum atomic E-state index is 12.3. The van der Waals surface area contributed by atoms with Crippen LogP contribution in [0, 0.1) is 5.41 Å². The molecule has 2 aromatic heterocycles. The van der Waals surface area contributed by atoms with Gasteiger partial charge in [-0.05, 0) is 44.0 Å². The summed E-state index contributed by atoms with van der Waals surface area (Å²) in [6.07, 6.45) is 3.35. The first kappa shape index (κ1) is 22.6. The predicted octanol–water partition coefficient (Wildman–Crippen LogP) is 3.67. The Kier molecular flexibility index (Phi) is 5.48. The maximum Gasteiger partial charge on any atom is 0.258 e. The summed E-state index contributed by atoms with van der Waals surface area (Å²) in [6.45, 7) is 11.1. The van der Waals surface area contributed by atoms with Gasteiger partial charge in [-0.3, -0.25) is 4.98 Å². The van der Waals surface area contributed by atoms with Crippen LogP contribution in [-0.4, -0.2) is 50.4 Å². The summed E-state index contributed by atoms with van der Waals surface area (Å²) in [7, 11) is 2.05. The van der Waals surface area contributed by atoms with Gasteiger partial charge in [-0.25, -0.2) is 0 Å². The zero-order valence-electron chi connectivity index (χ0n) is 19.6. The standard InChI is InChI=1S/C25H32N4O3/c1-16(2)17-7-9-19(10-8-17)25(31,24(5)14-29(6)15-24)20-11-18(12-26-13-20)21-27-22(32-28-21)23(3,4)30/h7-13,16,30-31H,14-15H2,1-6H3. The fourth-order valence-corrected chi connectivity index (χ4v) is 4.70. The molecule has 1 aliphatic rings. The van der Waals surface area contributed by atoms with E-state index in [2.05, 4.69) is 60.0 Å².